The van der Waals surface area contributed by atoms with Gasteiger partial charge in [0.25, 0.3) is 11.5 Å². The van der Waals surface area contributed by atoms with Crippen LogP contribution in [-0.2, 0) is 0 Å². The minimum Gasteiger partial charge on any atom is -0.378 e. The number of hydrazone groups is 1. The number of H-pyrrole nitrogens is 1. The Morgan fingerprint density at radius 3 is 2.67 bits per heavy atom. The minimum absolute atomic E-state index is 0.0856. The first kappa shape index (κ1) is 14.4. The van der Waals surface area contributed by atoms with Crippen molar-refractivity contribution in [2.24, 2.45) is 5.10 Å². The number of aromatic nitrogens is 2. The van der Waals surface area contributed by atoms with Gasteiger partial charge in [0.2, 0.25) is 0 Å². The highest BCUT2D eigenvalue weighted by atomic mass is 16.2. The van der Waals surface area contributed by atoms with Crippen LogP contribution in [0.4, 0.5) is 5.69 Å². The maximum atomic E-state index is 11.7. The molecule has 0 radical (unpaired) electrons. The lowest BCUT2D eigenvalue weighted by Crippen LogP contribution is -2.26. The quantitative estimate of drug-likeness (QED) is 0.636. The van der Waals surface area contributed by atoms with Crippen molar-refractivity contribution in [1.29, 1.82) is 0 Å². The molecule has 1 amide bonds. The number of nitrogens with zero attached hydrogens (tertiary/aromatic N) is 3. The molecule has 1 aromatic carbocycles. The number of benzene rings is 1. The van der Waals surface area contributed by atoms with Crippen LogP contribution in [-0.4, -0.2) is 36.2 Å². The van der Waals surface area contributed by atoms with Gasteiger partial charge in [-0.2, -0.15) is 5.10 Å². The smallest absolute Gasteiger partial charge is 0.278 e. The average molecular weight is 285 g/mol. The van der Waals surface area contributed by atoms with Crippen molar-refractivity contribution in [3.8, 4) is 0 Å². The molecule has 7 heteroatoms. The van der Waals surface area contributed by atoms with Crippen LogP contribution in [0.25, 0.3) is 0 Å². The Hall–Kier alpha value is -2.96. The highest BCUT2D eigenvalue weighted by Gasteiger charge is 2.08. The van der Waals surface area contributed by atoms with Crippen LogP contribution >= 0.6 is 0 Å². The van der Waals surface area contributed by atoms with Crippen molar-refractivity contribution < 1.29 is 4.79 Å². The van der Waals surface area contributed by atoms with E-state index in [1.54, 1.807) is 0 Å². The SMILES string of the molecule is CN(C)c1ccc(C=NNC(=O)c2cnc[nH]c2=O)cc1. The van der Waals surface area contributed by atoms with Gasteiger partial charge in [0.15, 0.2) is 0 Å². The van der Waals surface area contributed by atoms with E-state index in [1.165, 1.54) is 18.7 Å². The molecular formula is C14H15N5O2. The number of hydrogen-bond donors (Lipinski definition) is 2. The minimum atomic E-state index is -0.606. The Morgan fingerprint density at radius 2 is 2.05 bits per heavy atom. The molecule has 0 fully saturated rings. The molecule has 108 valence electrons. The summed E-state index contributed by atoms with van der Waals surface area (Å²) < 4.78 is 0. The predicted molar refractivity (Wildman–Crippen MR) is 80.7 cm³/mol. The zero-order chi connectivity index (χ0) is 15.2. The molecule has 7 nitrogen and oxygen atoms in total. The van der Waals surface area contributed by atoms with Crippen molar-refractivity contribution in [3.05, 3.63) is 58.3 Å². The Labute approximate surface area is 121 Å². The van der Waals surface area contributed by atoms with Gasteiger partial charge in [-0.05, 0) is 17.7 Å². The monoisotopic (exact) mass is 285 g/mol. The van der Waals surface area contributed by atoms with Gasteiger partial charge in [-0.1, -0.05) is 12.1 Å². The number of carbonyl (C=O) groups is 1. The second-order valence-electron chi connectivity index (χ2n) is 4.48. The molecule has 2 rings (SSSR count). The molecule has 2 aromatic rings. The maximum absolute atomic E-state index is 11.7. The van der Waals surface area contributed by atoms with E-state index in [1.807, 2.05) is 43.3 Å². The number of aromatic amines is 1. The fourth-order valence-electron chi connectivity index (χ4n) is 1.59. The Kier molecular flexibility index (Phi) is 4.45. The third-order valence-corrected chi connectivity index (χ3v) is 2.75. The van der Waals surface area contributed by atoms with Crippen molar-refractivity contribution >= 4 is 17.8 Å². The van der Waals surface area contributed by atoms with Gasteiger partial charge in [0.05, 0.1) is 12.5 Å². The molecular weight excluding hydrogens is 270 g/mol. The van der Waals surface area contributed by atoms with Crippen LogP contribution in [0.3, 0.4) is 0 Å². The van der Waals surface area contributed by atoms with Crippen molar-refractivity contribution in [2.75, 3.05) is 19.0 Å². The van der Waals surface area contributed by atoms with E-state index >= 15 is 0 Å². The predicted octanol–water partition coefficient (Wildman–Crippen LogP) is 0.600. The van der Waals surface area contributed by atoms with Gasteiger partial charge in [0, 0.05) is 26.0 Å². The van der Waals surface area contributed by atoms with Gasteiger partial charge in [0.1, 0.15) is 5.56 Å². The molecule has 0 aliphatic rings. The second-order valence-corrected chi connectivity index (χ2v) is 4.48. The van der Waals surface area contributed by atoms with Crippen LogP contribution in [0.1, 0.15) is 15.9 Å². The summed E-state index contributed by atoms with van der Waals surface area (Å²) in [7, 11) is 3.91. The third kappa shape index (κ3) is 3.75. The maximum Gasteiger partial charge on any atom is 0.278 e. The van der Waals surface area contributed by atoms with E-state index in [0.29, 0.717) is 0 Å². The molecule has 0 atom stereocenters. The molecule has 21 heavy (non-hydrogen) atoms. The molecule has 0 saturated carbocycles. The lowest BCUT2D eigenvalue weighted by Gasteiger charge is -2.11. The number of nitrogens with one attached hydrogen (secondary N) is 2. The molecule has 0 spiro atoms. The van der Waals surface area contributed by atoms with E-state index in [0.717, 1.165) is 11.3 Å². The first-order valence-corrected chi connectivity index (χ1v) is 6.21. The van der Waals surface area contributed by atoms with E-state index in [9.17, 15) is 9.59 Å². The second kappa shape index (κ2) is 6.47. The van der Waals surface area contributed by atoms with E-state index in [-0.39, 0.29) is 5.56 Å². The van der Waals surface area contributed by atoms with Crippen molar-refractivity contribution in [2.45, 2.75) is 0 Å². The highest BCUT2D eigenvalue weighted by Crippen LogP contribution is 2.10. The lowest BCUT2D eigenvalue weighted by atomic mass is 10.2. The summed E-state index contributed by atoms with van der Waals surface area (Å²) in [6, 6.07) is 7.63. The van der Waals surface area contributed by atoms with Gasteiger partial charge in [-0.3, -0.25) is 9.59 Å². The Bertz CT molecular complexity index is 704. The van der Waals surface area contributed by atoms with Crippen LogP contribution < -0.4 is 15.9 Å². The topological polar surface area (TPSA) is 90.4 Å². The van der Waals surface area contributed by atoms with Crippen LogP contribution in [0.2, 0.25) is 0 Å². The van der Waals surface area contributed by atoms with Crippen LogP contribution in [0, 0.1) is 0 Å². The summed E-state index contributed by atoms with van der Waals surface area (Å²) in [6.07, 6.45) is 3.91. The number of carbonyl (C=O) groups excluding carboxylic acids is 1. The van der Waals surface area contributed by atoms with Gasteiger partial charge in [-0.15, -0.1) is 0 Å². The van der Waals surface area contributed by atoms with Crippen LogP contribution in [0.5, 0.6) is 0 Å². The van der Waals surface area contributed by atoms with Crippen molar-refractivity contribution in [3.63, 3.8) is 0 Å². The molecule has 1 heterocycles. The fourth-order valence-corrected chi connectivity index (χ4v) is 1.59. The van der Waals surface area contributed by atoms with E-state index in [4.69, 9.17) is 0 Å². The third-order valence-electron chi connectivity index (χ3n) is 2.75. The van der Waals surface area contributed by atoms with Crippen LogP contribution in [0.15, 0.2) is 46.7 Å². The zero-order valence-corrected chi connectivity index (χ0v) is 11.7. The molecule has 0 saturated heterocycles. The highest BCUT2D eigenvalue weighted by molar-refractivity contribution is 5.94. The molecule has 0 unspecified atom stereocenters. The number of amides is 1. The normalized spacial score (nSPS) is 10.6. The van der Waals surface area contributed by atoms with E-state index in [2.05, 4.69) is 20.5 Å². The summed E-state index contributed by atoms with van der Waals surface area (Å²) in [5.41, 5.74) is 3.60. The summed E-state index contributed by atoms with van der Waals surface area (Å²) in [5.74, 6) is -0.606. The van der Waals surface area contributed by atoms with Gasteiger partial charge >= 0.3 is 0 Å². The number of hydrogen-bond acceptors (Lipinski definition) is 5. The first-order chi connectivity index (χ1) is 10.1. The van der Waals surface area contributed by atoms with Crippen molar-refractivity contribution in [1.82, 2.24) is 15.4 Å². The lowest BCUT2D eigenvalue weighted by molar-refractivity contribution is 0.0953. The number of rotatable bonds is 4. The summed E-state index contributed by atoms with van der Waals surface area (Å²) in [5, 5.41) is 3.81. The molecule has 1 aromatic heterocycles. The average Bonchev–Trinajstić information content (AvgIpc) is 2.48. The molecule has 0 aliphatic heterocycles. The standard InChI is InChI=1S/C14H15N5O2/c1-19(2)11-5-3-10(4-6-11)7-17-18-14(21)12-8-15-9-16-13(12)20/h3-9H,1-2H3,(H,18,21)(H,15,16,20). The Morgan fingerprint density at radius 1 is 1.33 bits per heavy atom. The Balaban J connectivity index is 2.01. The molecule has 0 aliphatic carbocycles. The number of anilines is 1. The summed E-state index contributed by atoms with van der Waals surface area (Å²) in [6.45, 7) is 0. The van der Waals surface area contributed by atoms with E-state index < -0.39 is 11.5 Å². The zero-order valence-electron chi connectivity index (χ0n) is 11.7. The summed E-state index contributed by atoms with van der Waals surface area (Å²) >= 11 is 0. The van der Waals surface area contributed by atoms with Gasteiger partial charge < -0.3 is 9.88 Å². The molecule has 2 N–H and O–H groups in total. The molecule has 0 bridgehead atoms. The first-order valence-electron chi connectivity index (χ1n) is 6.21. The largest absolute Gasteiger partial charge is 0.378 e. The summed E-state index contributed by atoms with van der Waals surface area (Å²) in [4.78, 5) is 31.1. The fraction of sp³-hybridized carbons (Fsp3) is 0.143. The van der Waals surface area contributed by atoms with Gasteiger partial charge in [-0.25, -0.2) is 10.4 Å².